The highest BCUT2D eigenvalue weighted by Gasteiger charge is 2.68. The van der Waals surface area contributed by atoms with E-state index in [0.717, 1.165) is 18.4 Å². The molecule has 3 aliphatic carbocycles. The van der Waals surface area contributed by atoms with Crippen LogP contribution in [0.1, 0.15) is 47.0 Å². The van der Waals surface area contributed by atoms with E-state index in [9.17, 15) is 10.4 Å². The molecule has 0 spiro atoms. The van der Waals surface area contributed by atoms with Gasteiger partial charge in [0, 0.05) is 5.92 Å². The molecule has 0 aromatic carbocycles. The average molecular weight is 252 g/mol. The second kappa shape index (κ2) is 3.38. The lowest BCUT2D eigenvalue weighted by Gasteiger charge is -2.36. The van der Waals surface area contributed by atoms with Crippen molar-refractivity contribution in [3.05, 3.63) is 11.6 Å². The molecule has 0 aromatic heterocycles. The van der Waals surface area contributed by atoms with Crippen LogP contribution in [0.4, 0.5) is 0 Å². The third-order valence-electron chi connectivity index (χ3n) is 5.98. The van der Waals surface area contributed by atoms with Crippen LogP contribution < -0.4 is 0 Å². The minimum atomic E-state index is -0.684. The zero-order valence-electron chi connectivity index (χ0n) is 11.7. The average Bonchev–Trinajstić information content (AvgIpc) is 2.72. The Balaban J connectivity index is 2.03. The van der Waals surface area contributed by atoms with Crippen molar-refractivity contribution < 1.29 is 15.3 Å². The summed E-state index contributed by atoms with van der Waals surface area (Å²) < 4.78 is 0. The Bertz CT molecular complexity index is 410. The highest BCUT2D eigenvalue weighted by atomic mass is 17.1. The predicted molar refractivity (Wildman–Crippen MR) is 68.9 cm³/mol. The molecule has 102 valence electrons. The van der Waals surface area contributed by atoms with Crippen molar-refractivity contribution in [2.24, 2.45) is 23.2 Å². The first-order chi connectivity index (χ1) is 8.24. The van der Waals surface area contributed by atoms with E-state index in [1.54, 1.807) is 0 Å². The molecule has 2 N–H and O–H groups in total. The van der Waals surface area contributed by atoms with Crippen LogP contribution >= 0.6 is 0 Å². The largest absolute Gasteiger partial charge is 0.389 e. The highest BCUT2D eigenvalue weighted by molar-refractivity contribution is 5.35. The van der Waals surface area contributed by atoms with E-state index in [1.807, 2.05) is 13.8 Å². The van der Waals surface area contributed by atoms with Crippen LogP contribution in [-0.2, 0) is 4.89 Å². The molecule has 2 saturated carbocycles. The van der Waals surface area contributed by atoms with Crippen LogP contribution in [-0.4, -0.2) is 21.6 Å². The van der Waals surface area contributed by atoms with Gasteiger partial charge in [-0.25, -0.2) is 4.89 Å². The van der Waals surface area contributed by atoms with Crippen LogP contribution in [0.5, 0.6) is 0 Å². The van der Waals surface area contributed by atoms with E-state index in [-0.39, 0.29) is 5.92 Å². The van der Waals surface area contributed by atoms with Gasteiger partial charge in [-0.1, -0.05) is 19.9 Å². The second-order valence-corrected chi connectivity index (χ2v) is 7.51. The molecule has 3 aliphatic rings. The predicted octanol–water partition coefficient (Wildman–Crippen LogP) is 3.00. The van der Waals surface area contributed by atoms with Gasteiger partial charge in [-0.15, -0.1) is 0 Å². The second-order valence-electron chi connectivity index (χ2n) is 7.51. The van der Waals surface area contributed by atoms with Gasteiger partial charge < -0.3 is 5.11 Å². The van der Waals surface area contributed by atoms with E-state index in [2.05, 4.69) is 19.9 Å². The van der Waals surface area contributed by atoms with E-state index in [0.29, 0.717) is 23.7 Å². The van der Waals surface area contributed by atoms with Gasteiger partial charge >= 0.3 is 0 Å². The molecule has 18 heavy (non-hydrogen) atoms. The summed E-state index contributed by atoms with van der Waals surface area (Å²) >= 11 is 0. The Kier molecular flexibility index (Phi) is 2.38. The summed E-state index contributed by atoms with van der Waals surface area (Å²) in [5.41, 5.74) is 0.146. The summed E-state index contributed by atoms with van der Waals surface area (Å²) in [5.74, 6) is 1.31. The lowest BCUT2D eigenvalue weighted by Crippen LogP contribution is -2.40. The number of hydrogen-bond acceptors (Lipinski definition) is 3. The van der Waals surface area contributed by atoms with E-state index in [4.69, 9.17) is 4.89 Å². The molecule has 0 radical (unpaired) electrons. The first-order valence-corrected chi connectivity index (χ1v) is 6.99. The molecular formula is C15H24O3. The van der Waals surface area contributed by atoms with Gasteiger partial charge in [-0.3, -0.25) is 5.26 Å². The van der Waals surface area contributed by atoms with Crippen LogP contribution in [0.2, 0.25) is 0 Å². The van der Waals surface area contributed by atoms with Gasteiger partial charge in [-0.2, -0.15) is 0 Å². The van der Waals surface area contributed by atoms with Gasteiger partial charge in [0.05, 0.1) is 5.60 Å². The number of aliphatic hydroxyl groups is 1. The first-order valence-electron chi connectivity index (χ1n) is 6.99. The van der Waals surface area contributed by atoms with E-state index >= 15 is 0 Å². The minimum absolute atomic E-state index is 0.136. The smallest absolute Gasteiger partial charge is 0.122 e. The molecule has 0 aliphatic heterocycles. The Labute approximate surface area is 109 Å². The summed E-state index contributed by atoms with van der Waals surface area (Å²) in [4.78, 5) is 4.82. The molecule has 3 rings (SSSR count). The maximum absolute atomic E-state index is 10.7. The summed E-state index contributed by atoms with van der Waals surface area (Å²) in [6, 6.07) is 0. The van der Waals surface area contributed by atoms with Gasteiger partial charge in [0.1, 0.15) is 5.60 Å². The first kappa shape index (κ1) is 12.6. The summed E-state index contributed by atoms with van der Waals surface area (Å²) in [6.45, 7) is 8.48. The molecule has 0 amide bonds. The Hall–Kier alpha value is -0.380. The summed E-state index contributed by atoms with van der Waals surface area (Å²) in [7, 11) is 0. The number of hydrogen-bond donors (Lipinski definition) is 2. The van der Waals surface area contributed by atoms with Crippen LogP contribution in [0.25, 0.3) is 0 Å². The fourth-order valence-electron chi connectivity index (χ4n) is 4.70. The van der Waals surface area contributed by atoms with Crippen molar-refractivity contribution in [3.8, 4) is 0 Å². The van der Waals surface area contributed by atoms with Gasteiger partial charge in [0.25, 0.3) is 0 Å². The normalized spacial score (nSPS) is 53.2. The van der Waals surface area contributed by atoms with Crippen molar-refractivity contribution in [2.45, 2.75) is 58.2 Å². The van der Waals surface area contributed by atoms with Crippen LogP contribution in [0.15, 0.2) is 11.6 Å². The number of fused-ring (bicyclic) bond motifs is 3. The molecule has 0 bridgehead atoms. The molecule has 0 saturated heterocycles. The topological polar surface area (TPSA) is 49.7 Å². The lowest BCUT2D eigenvalue weighted by atomic mass is 9.76. The van der Waals surface area contributed by atoms with Crippen molar-refractivity contribution in [3.63, 3.8) is 0 Å². The van der Waals surface area contributed by atoms with Crippen molar-refractivity contribution >= 4 is 0 Å². The lowest BCUT2D eigenvalue weighted by molar-refractivity contribution is -0.309. The highest BCUT2D eigenvalue weighted by Crippen LogP contribution is 2.71. The zero-order chi connectivity index (χ0) is 13.3. The number of rotatable bonds is 1. The Morgan fingerprint density at radius 1 is 1.28 bits per heavy atom. The quantitative estimate of drug-likeness (QED) is 0.428. The van der Waals surface area contributed by atoms with Gasteiger partial charge in [-0.05, 0) is 55.9 Å². The monoisotopic (exact) mass is 252 g/mol. The van der Waals surface area contributed by atoms with E-state index < -0.39 is 11.2 Å². The summed E-state index contributed by atoms with van der Waals surface area (Å²) in [5, 5.41) is 20.0. The molecule has 2 fully saturated rings. The van der Waals surface area contributed by atoms with Crippen LogP contribution in [0, 0.1) is 23.2 Å². The molecule has 3 nitrogen and oxygen atoms in total. The maximum atomic E-state index is 10.7. The third-order valence-corrected chi connectivity index (χ3v) is 5.98. The fourth-order valence-corrected chi connectivity index (χ4v) is 4.70. The molecule has 0 aromatic rings. The van der Waals surface area contributed by atoms with Gasteiger partial charge in [0.2, 0.25) is 0 Å². The van der Waals surface area contributed by atoms with Crippen molar-refractivity contribution in [1.82, 2.24) is 0 Å². The molecule has 0 unspecified atom stereocenters. The minimum Gasteiger partial charge on any atom is -0.389 e. The van der Waals surface area contributed by atoms with E-state index in [1.165, 1.54) is 0 Å². The molecule has 5 atom stereocenters. The third kappa shape index (κ3) is 1.41. The maximum Gasteiger partial charge on any atom is 0.122 e. The standard InChI is InChI=1S/C15H24O3/c1-13(2)9-6-8-15(4,18-17)10-5-7-14(3,16)12(10)11(9)13/h5,9,11-12,16-17H,6-8H2,1-4H3/t9-,11-,12-,14+,15+/m1/s1. The van der Waals surface area contributed by atoms with Crippen molar-refractivity contribution in [2.75, 3.05) is 0 Å². The molecule has 3 heteroatoms. The zero-order valence-corrected chi connectivity index (χ0v) is 11.7. The summed E-state index contributed by atoms with van der Waals surface area (Å²) in [6.07, 6.45) is 4.67. The van der Waals surface area contributed by atoms with Crippen molar-refractivity contribution in [1.29, 1.82) is 0 Å². The Morgan fingerprint density at radius 2 is 1.94 bits per heavy atom. The Morgan fingerprint density at radius 3 is 2.56 bits per heavy atom. The molecular weight excluding hydrogens is 228 g/mol. The SMILES string of the molecule is CC1(C)[C@@H]2[C@H]1CC[C@](C)(OO)C1=CC[C@](C)(O)[C@H]12. The molecule has 0 heterocycles. The van der Waals surface area contributed by atoms with Gasteiger partial charge in [0.15, 0.2) is 0 Å². The fraction of sp³-hybridized carbons (Fsp3) is 0.867. The van der Waals surface area contributed by atoms with Crippen LogP contribution in [0.3, 0.4) is 0 Å².